The standard InChI is InChI=1S/C16H22ClNO2/c1-2-20-11-5-10-18-15(19)16(8-4-9-16)13-6-3-7-14(17)12-13/h3,6-7,12H,2,4-5,8-11H2,1H3,(H,18,19). The van der Waals surface area contributed by atoms with E-state index < -0.39 is 0 Å². The van der Waals surface area contributed by atoms with Crippen molar-refractivity contribution in [3.63, 3.8) is 0 Å². The summed E-state index contributed by atoms with van der Waals surface area (Å²) in [6.07, 6.45) is 3.76. The summed E-state index contributed by atoms with van der Waals surface area (Å²) in [6.45, 7) is 4.06. The van der Waals surface area contributed by atoms with Gasteiger partial charge in [-0.25, -0.2) is 0 Å². The van der Waals surface area contributed by atoms with Gasteiger partial charge < -0.3 is 10.1 Å². The summed E-state index contributed by atoms with van der Waals surface area (Å²) in [5.41, 5.74) is 0.676. The maximum atomic E-state index is 12.5. The lowest BCUT2D eigenvalue weighted by Crippen LogP contribution is -2.49. The van der Waals surface area contributed by atoms with Crippen molar-refractivity contribution < 1.29 is 9.53 Å². The minimum Gasteiger partial charge on any atom is -0.382 e. The van der Waals surface area contributed by atoms with Crippen LogP contribution in [0.25, 0.3) is 0 Å². The Hall–Kier alpha value is -1.06. The molecule has 1 N–H and O–H groups in total. The van der Waals surface area contributed by atoms with Gasteiger partial charge in [-0.15, -0.1) is 0 Å². The molecule has 4 heteroatoms. The van der Waals surface area contributed by atoms with Crippen LogP contribution >= 0.6 is 11.6 Å². The first-order valence-electron chi connectivity index (χ1n) is 7.31. The molecule has 0 aliphatic heterocycles. The quantitative estimate of drug-likeness (QED) is 0.784. The molecule has 1 aliphatic carbocycles. The Morgan fingerprint density at radius 1 is 1.45 bits per heavy atom. The fourth-order valence-corrected chi connectivity index (χ4v) is 2.84. The Balaban J connectivity index is 1.95. The molecule has 1 fully saturated rings. The molecule has 1 saturated carbocycles. The van der Waals surface area contributed by atoms with Gasteiger partial charge in [0.05, 0.1) is 5.41 Å². The molecule has 20 heavy (non-hydrogen) atoms. The lowest BCUT2D eigenvalue weighted by Gasteiger charge is -2.40. The molecule has 0 bridgehead atoms. The Morgan fingerprint density at radius 2 is 2.25 bits per heavy atom. The van der Waals surface area contributed by atoms with E-state index in [2.05, 4.69) is 5.32 Å². The second-order valence-electron chi connectivity index (χ2n) is 5.25. The Bertz CT molecular complexity index is 458. The normalized spacial score (nSPS) is 16.5. The van der Waals surface area contributed by atoms with E-state index in [9.17, 15) is 4.79 Å². The van der Waals surface area contributed by atoms with Gasteiger partial charge in [0, 0.05) is 24.8 Å². The highest BCUT2D eigenvalue weighted by atomic mass is 35.5. The molecule has 2 rings (SSSR count). The molecular formula is C16H22ClNO2. The highest BCUT2D eigenvalue weighted by molar-refractivity contribution is 6.30. The van der Waals surface area contributed by atoms with E-state index in [0.29, 0.717) is 18.2 Å². The van der Waals surface area contributed by atoms with Crippen molar-refractivity contribution in [2.75, 3.05) is 19.8 Å². The van der Waals surface area contributed by atoms with Crippen LogP contribution in [0.5, 0.6) is 0 Å². The first kappa shape index (κ1) is 15.3. The molecule has 0 radical (unpaired) electrons. The average Bonchev–Trinajstić information content (AvgIpc) is 2.37. The number of carbonyl (C=O) groups excluding carboxylic acids is 1. The summed E-state index contributed by atoms with van der Waals surface area (Å²) in [5, 5.41) is 3.73. The first-order chi connectivity index (χ1) is 9.69. The number of hydrogen-bond donors (Lipinski definition) is 1. The Kier molecular flexibility index (Phi) is 5.44. The van der Waals surface area contributed by atoms with E-state index in [4.69, 9.17) is 16.3 Å². The number of hydrogen-bond acceptors (Lipinski definition) is 2. The average molecular weight is 296 g/mol. The van der Waals surface area contributed by atoms with Gasteiger partial charge in [0.15, 0.2) is 0 Å². The number of amides is 1. The Labute approximate surface area is 125 Å². The highest BCUT2D eigenvalue weighted by Crippen LogP contribution is 2.44. The molecular weight excluding hydrogens is 274 g/mol. The highest BCUT2D eigenvalue weighted by Gasteiger charge is 2.45. The fraction of sp³-hybridized carbons (Fsp3) is 0.562. The number of halogens is 1. The van der Waals surface area contributed by atoms with Crippen LogP contribution in [0.4, 0.5) is 0 Å². The molecule has 0 spiro atoms. The minimum absolute atomic E-state index is 0.127. The largest absolute Gasteiger partial charge is 0.382 e. The summed E-state index contributed by atoms with van der Waals surface area (Å²) >= 11 is 6.05. The molecule has 3 nitrogen and oxygen atoms in total. The van der Waals surface area contributed by atoms with Gasteiger partial charge in [-0.05, 0) is 43.9 Å². The van der Waals surface area contributed by atoms with Crippen molar-refractivity contribution in [3.8, 4) is 0 Å². The summed E-state index contributed by atoms with van der Waals surface area (Å²) in [6, 6.07) is 7.68. The van der Waals surface area contributed by atoms with Crippen LogP contribution in [0, 0.1) is 0 Å². The van der Waals surface area contributed by atoms with E-state index in [1.165, 1.54) is 0 Å². The van der Waals surface area contributed by atoms with Gasteiger partial charge in [0.2, 0.25) is 5.91 Å². The SMILES string of the molecule is CCOCCCNC(=O)C1(c2cccc(Cl)c2)CCC1. The third kappa shape index (κ3) is 3.33. The van der Waals surface area contributed by atoms with Gasteiger partial charge >= 0.3 is 0 Å². The summed E-state index contributed by atoms with van der Waals surface area (Å²) in [4.78, 5) is 12.5. The van der Waals surface area contributed by atoms with Gasteiger partial charge in [-0.3, -0.25) is 4.79 Å². The number of nitrogens with one attached hydrogen (secondary N) is 1. The maximum absolute atomic E-state index is 12.5. The van der Waals surface area contributed by atoms with Crippen LogP contribution in [0.3, 0.4) is 0 Å². The Morgan fingerprint density at radius 3 is 2.85 bits per heavy atom. The van der Waals surface area contributed by atoms with Crippen molar-refractivity contribution in [1.29, 1.82) is 0 Å². The number of rotatable bonds is 7. The zero-order valence-electron chi connectivity index (χ0n) is 12.0. The number of ether oxygens (including phenoxy) is 1. The van der Waals surface area contributed by atoms with Crippen LogP contribution in [-0.2, 0) is 14.9 Å². The van der Waals surface area contributed by atoms with Crippen molar-refractivity contribution in [3.05, 3.63) is 34.9 Å². The fourth-order valence-electron chi connectivity index (χ4n) is 2.65. The van der Waals surface area contributed by atoms with Gasteiger partial charge in [-0.2, -0.15) is 0 Å². The van der Waals surface area contributed by atoms with Crippen LogP contribution in [0.2, 0.25) is 5.02 Å². The lowest BCUT2D eigenvalue weighted by molar-refractivity contribution is -0.129. The predicted octanol–water partition coefficient (Wildman–Crippen LogP) is 3.30. The van der Waals surface area contributed by atoms with Gasteiger partial charge in [0.1, 0.15) is 0 Å². The van der Waals surface area contributed by atoms with E-state index in [0.717, 1.165) is 37.9 Å². The zero-order valence-corrected chi connectivity index (χ0v) is 12.7. The summed E-state index contributed by atoms with van der Waals surface area (Å²) in [5.74, 6) is 0.127. The van der Waals surface area contributed by atoms with E-state index in [1.807, 2.05) is 31.2 Å². The molecule has 110 valence electrons. The van der Waals surface area contributed by atoms with Crippen molar-refractivity contribution in [2.24, 2.45) is 0 Å². The molecule has 0 atom stereocenters. The topological polar surface area (TPSA) is 38.3 Å². The maximum Gasteiger partial charge on any atom is 0.230 e. The lowest BCUT2D eigenvalue weighted by atomic mass is 9.64. The van der Waals surface area contributed by atoms with Crippen molar-refractivity contribution in [1.82, 2.24) is 5.32 Å². The van der Waals surface area contributed by atoms with Crippen LogP contribution in [0.15, 0.2) is 24.3 Å². The monoisotopic (exact) mass is 295 g/mol. The van der Waals surface area contributed by atoms with Gasteiger partial charge in [0.25, 0.3) is 0 Å². The third-order valence-corrected chi connectivity index (χ3v) is 4.21. The molecule has 0 saturated heterocycles. The molecule has 1 aromatic rings. The third-order valence-electron chi connectivity index (χ3n) is 3.97. The molecule has 0 aromatic heterocycles. The number of benzene rings is 1. The summed E-state index contributed by atoms with van der Waals surface area (Å²) in [7, 11) is 0. The molecule has 0 unspecified atom stereocenters. The van der Waals surface area contributed by atoms with E-state index in [1.54, 1.807) is 0 Å². The first-order valence-corrected chi connectivity index (χ1v) is 7.69. The van der Waals surface area contributed by atoms with Crippen LogP contribution in [0.1, 0.15) is 38.2 Å². The van der Waals surface area contributed by atoms with Crippen molar-refractivity contribution >= 4 is 17.5 Å². The zero-order chi connectivity index (χ0) is 14.4. The van der Waals surface area contributed by atoms with Gasteiger partial charge in [-0.1, -0.05) is 30.2 Å². The van der Waals surface area contributed by atoms with E-state index >= 15 is 0 Å². The molecule has 1 aromatic carbocycles. The number of carbonyl (C=O) groups is 1. The predicted molar refractivity (Wildman–Crippen MR) is 81.1 cm³/mol. The van der Waals surface area contributed by atoms with Crippen LogP contribution in [-0.4, -0.2) is 25.7 Å². The molecule has 1 amide bonds. The smallest absolute Gasteiger partial charge is 0.230 e. The molecule has 0 heterocycles. The summed E-state index contributed by atoms with van der Waals surface area (Å²) < 4.78 is 5.27. The minimum atomic E-state index is -0.365. The van der Waals surface area contributed by atoms with E-state index in [-0.39, 0.29) is 11.3 Å². The second-order valence-corrected chi connectivity index (χ2v) is 5.69. The van der Waals surface area contributed by atoms with Crippen molar-refractivity contribution in [2.45, 2.75) is 38.0 Å². The van der Waals surface area contributed by atoms with Crippen LogP contribution < -0.4 is 5.32 Å². The molecule has 1 aliphatic rings. The second kappa shape index (κ2) is 7.09.